The Morgan fingerprint density at radius 1 is 1.15 bits per heavy atom. The maximum atomic E-state index is 12.2. The zero-order valence-electron chi connectivity index (χ0n) is 12.0. The second-order valence-corrected chi connectivity index (χ2v) is 9.03. The lowest BCUT2D eigenvalue weighted by atomic mass is 10.0. The zero-order chi connectivity index (χ0) is 15.6. The van der Waals surface area contributed by atoms with Crippen LogP contribution in [-0.2, 0) is 10.8 Å². The molecule has 6 heteroatoms. The molecule has 0 bridgehead atoms. The van der Waals surface area contributed by atoms with Crippen LogP contribution in [-0.4, -0.2) is 20.2 Å². The second kappa shape index (κ2) is 6.52. The Morgan fingerprint density at radius 2 is 1.65 bits per heavy atom. The second-order valence-electron chi connectivity index (χ2n) is 5.64. The summed E-state index contributed by atoms with van der Waals surface area (Å²) < 4.78 is 48.5. The summed E-state index contributed by atoms with van der Waals surface area (Å²) >= 11 is -0.121. The molecule has 0 saturated heterocycles. The molecule has 0 aromatic heterocycles. The molecule has 0 spiro atoms. The first-order valence-electron chi connectivity index (χ1n) is 6.23. The van der Waals surface area contributed by atoms with E-state index in [4.69, 9.17) is 0 Å². The normalized spacial score (nSPS) is 15.9. The molecule has 1 aromatic rings. The number of benzene rings is 1. The van der Waals surface area contributed by atoms with Crippen molar-refractivity contribution >= 4 is 22.6 Å². The fraction of sp³-hybridized carbons (Fsp3) is 0.571. The van der Waals surface area contributed by atoms with Crippen LogP contribution >= 0.6 is 11.8 Å². The van der Waals surface area contributed by atoms with Gasteiger partial charge in [0.2, 0.25) is 0 Å². The first-order valence-corrected chi connectivity index (χ1v) is 8.37. The van der Waals surface area contributed by atoms with Gasteiger partial charge in [-0.2, -0.15) is 13.2 Å². The van der Waals surface area contributed by atoms with Gasteiger partial charge >= 0.3 is 5.51 Å². The zero-order valence-corrected chi connectivity index (χ0v) is 13.6. The maximum absolute atomic E-state index is 12.2. The van der Waals surface area contributed by atoms with E-state index in [0.717, 1.165) is 5.56 Å². The van der Waals surface area contributed by atoms with Crippen LogP contribution in [0.4, 0.5) is 13.2 Å². The summed E-state index contributed by atoms with van der Waals surface area (Å²) in [6.45, 7) is 7.69. The summed E-state index contributed by atoms with van der Waals surface area (Å²) in [5.41, 5.74) is -3.35. The predicted molar refractivity (Wildman–Crippen MR) is 79.5 cm³/mol. The number of hydrogen-bond acceptors (Lipinski definition) is 2. The van der Waals surface area contributed by atoms with Gasteiger partial charge in [0.25, 0.3) is 0 Å². The highest BCUT2D eigenvalue weighted by atomic mass is 32.2. The molecule has 2 atom stereocenters. The van der Waals surface area contributed by atoms with Crippen LogP contribution in [0.5, 0.6) is 0 Å². The molecule has 1 rings (SSSR count). The van der Waals surface area contributed by atoms with Crippen LogP contribution in [0.15, 0.2) is 29.2 Å². The van der Waals surface area contributed by atoms with Crippen molar-refractivity contribution < 1.29 is 17.4 Å². The van der Waals surface area contributed by atoms with Crippen molar-refractivity contribution in [1.29, 1.82) is 0 Å². The predicted octanol–water partition coefficient (Wildman–Crippen LogP) is 4.95. The lowest BCUT2D eigenvalue weighted by Gasteiger charge is -2.21. The molecule has 0 N–H and O–H groups in total. The van der Waals surface area contributed by atoms with E-state index in [1.807, 2.05) is 27.7 Å². The molecule has 1 aromatic carbocycles. The van der Waals surface area contributed by atoms with E-state index >= 15 is 0 Å². The summed E-state index contributed by atoms with van der Waals surface area (Å²) in [5, 5.41) is 0. The minimum absolute atomic E-state index is 0.0556. The molecule has 1 nitrogen and oxygen atoms in total. The number of rotatable bonds is 4. The number of hydrogen-bond donors (Lipinski definition) is 0. The Kier molecular flexibility index (Phi) is 5.72. The smallest absolute Gasteiger partial charge is 0.259 e. The van der Waals surface area contributed by atoms with Crippen LogP contribution in [0.2, 0.25) is 0 Å². The molecule has 0 amide bonds. The van der Waals surface area contributed by atoms with Crippen molar-refractivity contribution in [3.63, 3.8) is 0 Å². The average Bonchev–Trinajstić information content (AvgIpc) is 2.26. The highest BCUT2D eigenvalue weighted by Crippen LogP contribution is 2.37. The molecule has 0 fully saturated rings. The van der Waals surface area contributed by atoms with Crippen molar-refractivity contribution in [3.8, 4) is 0 Å². The summed E-state index contributed by atoms with van der Waals surface area (Å²) in [6, 6.07) is 6.28. The van der Waals surface area contributed by atoms with Gasteiger partial charge in [0, 0.05) is 26.2 Å². The van der Waals surface area contributed by atoms with Crippen LogP contribution in [0.1, 0.15) is 39.2 Å². The third-order valence-corrected chi connectivity index (χ3v) is 5.68. The quantitative estimate of drug-likeness (QED) is 0.729. The standard InChI is InChI=1S/C14H19F3OS2/c1-10(9-20(18)13(2,3)4)11-5-7-12(8-6-11)19-14(15,16)17/h5-8,10H,9H2,1-4H3/t10-,20+/m1/s1. The number of halogens is 3. The fourth-order valence-electron chi connectivity index (χ4n) is 1.57. The lowest BCUT2D eigenvalue weighted by molar-refractivity contribution is -0.0328. The Labute approximate surface area is 124 Å². The molecule has 114 valence electrons. The fourth-order valence-corrected chi connectivity index (χ4v) is 3.26. The minimum atomic E-state index is -4.26. The third kappa shape index (κ3) is 5.87. The van der Waals surface area contributed by atoms with E-state index in [-0.39, 0.29) is 27.3 Å². The van der Waals surface area contributed by atoms with Crippen LogP contribution < -0.4 is 0 Å². The van der Waals surface area contributed by atoms with E-state index in [0.29, 0.717) is 5.75 Å². The van der Waals surface area contributed by atoms with Gasteiger partial charge in [0.1, 0.15) is 0 Å². The summed E-state index contributed by atoms with van der Waals surface area (Å²) in [5.74, 6) is 0.565. The van der Waals surface area contributed by atoms with Crippen LogP contribution in [0, 0.1) is 0 Å². The third-order valence-electron chi connectivity index (χ3n) is 2.77. The van der Waals surface area contributed by atoms with Gasteiger partial charge in [-0.3, -0.25) is 4.21 Å². The molecule has 0 saturated carbocycles. The van der Waals surface area contributed by atoms with Crippen molar-refractivity contribution in [2.75, 3.05) is 5.75 Å². The number of thioether (sulfide) groups is 1. The summed E-state index contributed by atoms with van der Waals surface area (Å²) in [6.07, 6.45) is 0. The molecule has 0 heterocycles. The van der Waals surface area contributed by atoms with E-state index in [9.17, 15) is 17.4 Å². The van der Waals surface area contributed by atoms with E-state index < -0.39 is 16.3 Å². The van der Waals surface area contributed by atoms with Crippen molar-refractivity contribution in [3.05, 3.63) is 29.8 Å². The Bertz CT molecular complexity index is 461. The van der Waals surface area contributed by atoms with Gasteiger partial charge in [0.05, 0.1) is 0 Å². The topological polar surface area (TPSA) is 17.1 Å². The summed E-state index contributed by atoms with van der Waals surface area (Å²) in [4.78, 5) is 0.172. The molecule has 0 aliphatic carbocycles. The van der Waals surface area contributed by atoms with Gasteiger partial charge in [-0.15, -0.1) is 0 Å². The number of alkyl halides is 3. The largest absolute Gasteiger partial charge is 0.446 e. The molecule has 20 heavy (non-hydrogen) atoms. The van der Waals surface area contributed by atoms with Gasteiger partial charge in [0.15, 0.2) is 0 Å². The van der Waals surface area contributed by atoms with Gasteiger partial charge < -0.3 is 0 Å². The maximum Gasteiger partial charge on any atom is 0.446 e. The van der Waals surface area contributed by atoms with Gasteiger partial charge in [-0.25, -0.2) is 0 Å². The SMILES string of the molecule is C[C@H](C[S@](=O)C(C)(C)C)c1ccc(SC(F)(F)F)cc1. The van der Waals surface area contributed by atoms with Crippen molar-refractivity contribution in [2.45, 2.75) is 48.8 Å². The highest BCUT2D eigenvalue weighted by molar-refractivity contribution is 8.00. The lowest BCUT2D eigenvalue weighted by Crippen LogP contribution is -2.26. The van der Waals surface area contributed by atoms with Crippen LogP contribution in [0.25, 0.3) is 0 Å². The summed E-state index contributed by atoms with van der Waals surface area (Å²) in [7, 11) is -0.974. The van der Waals surface area contributed by atoms with E-state index in [2.05, 4.69) is 0 Å². The monoisotopic (exact) mass is 324 g/mol. The van der Waals surface area contributed by atoms with Gasteiger partial charge in [-0.1, -0.05) is 19.1 Å². The van der Waals surface area contributed by atoms with Crippen molar-refractivity contribution in [2.24, 2.45) is 0 Å². The first kappa shape index (κ1) is 17.6. The molecular weight excluding hydrogens is 305 g/mol. The molecule has 0 aliphatic heterocycles. The molecule has 0 aliphatic rings. The van der Waals surface area contributed by atoms with Crippen molar-refractivity contribution in [1.82, 2.24) is 0 Å². The highest BCUT2D eigenvalue weighted by Gasteiger charge is 2.29. The molecule has 0 radical (unpaired) electrons. The minimum Gasteiger partial charge on any atom is -0.259 e. The Morgan fingerprint density at radius 3 is 2.05 bits per heavy atom. The molecular formula is C14H19F3OS2. The first-order chi connectivity index (χ1) is 8.99. The Hall–Kier alpha value is -0.490. The van der Waals surface area contributed by atoms with Crippen LogP contribution in [0.3, 0.4) is 0 Å². The average molecular weight is 324 g/mol. The van der Waals surface area contributed by atoms with E-state index in [1.54, 1.807) is 12.1 Å². The van der Waals surface area contributed by atoms with Gasteiger partial charge in [-0.05, 0) is 56.1 Å². The van der Waals surface area contributed by atoms with E-state index in [1.165, 1.54) is 12.1 Å². The molecule has 0 unspecified atom stereocenters. The Balaban J connectivity index is 2.71.